The second-order valence-electron chi connectivity index (χ2n) is 5.55. The van der Waals surface area contributed by atoms with Crippen LogP contribution in [0.2, 0.25) is 5.02 Å². The minimum absolute atomic E-state index is 0.169. The highest BCUT2D eigenvalue weighted by atomic mass is 35.5. The van der Waals surface area contributed by atoms with E-state index in [0.717, 1.165) is 26.2 Å². The summed E-state index contributed by atoms with van der Waals surface area (Å²) in [4.78, 5) is 17.5. The topological polar surface area (TPSA) is 63.3 Å². The number of furan rings is 1. The van der Waals surface area contributed by atoms with E-state index >= 15 is 0 Å². The van der Waals surface area contributed by atoms with Gasteiger partial charge in [0, 0.05) is 28.2 Å². The second kappa shape index (κ2) is 6.02. The number of benzene rings is 1. The quantitative estimate of drug-likeness (QED) is 0.489. The third kappa shape index (κ3) is 2.71. The number of nitrogens with zero attached hydrogens (tertiary/aromatic N) is 1. The first-order valence-electron chi connectivity index (χ1n) is 7.52. The number of rotatable bonds is 3. The van der Waals surface area contributed by atoms with Crippen molar-refractivity contribution in [3.63, 3.8) is 0 Å². The summed E-state index contributed by atoms with van der Waals surface area (Å²) in [5.74, 6) is -0.0856. The average Bonchev–Trinajstić information content (AvgIpc) is 3.16. The van der Waals surface area contributed by atoms with Gasteiger partial charge in [-0.2, -0.15) is 0 Å². The molecule has 124 valence electrons. The van der Waals surface area contributed by atoms with E-state index in [4.69, 9.17) is 16.0 Å². The van der Waals surface area contributed by atoms with E-state index in [1.54, 1.807) is 19.2 Å². The molecule has 0 saturated heterocycles. The van der Waals surface area contributed by atoms with Crippen molar-refractivity contribution in [2.45, 2.75) is 6.92 Å². The molecule has 4 nitrogen and oxygen atoms in total. The van der Waals surface area contributed by atoms with Crippen LogP contribution in [0.1, 0.15) is 16.1 Å². The van der Waals surface area contributed by atoms with Crippen molar-refractivity contribution in [2.24, 2.45) is 0 Å². The Labute approximate surface area is 152 Å². The van der Waals surface area contributed by atoms with Crippen LogP contribution in [-0.4, -0.2) is 16.1 Å². The molecule has 4 rings (SSSR count). The summed E-state index contributed by atoms with van der Waals surface area (Å²) in [6, 6.07) is 13.0. The Morgan fingerprint density at radius 3 is 2.68 bits per heavy atom. The molecule has 6 heteroatoms. The number of aromatic nitrogens is 1. The zero-order valence-electron chi connectivity index (χ0n) is 13.1. The SMILES string of the molecule is Cc1oc(-c2sc3ncccc3c2-c2ccc(Cl)cc2)cc1C(=O)O. The number of carbonyl (C=O) groups is 1. The third-order valence-electron chi connectivity index (χ3n) is 3.97. The lowest BCUT2D eigenvalue weighted by molar-refractivity contribution is 0.0695. The molecular formula is C19H12ClNO3S. The van der Waals surface area contributed by atoms with Gasteiger partial charge < -0.3 is 9.52 Å². The number of thiophene rings is 1. The van der Waals surface area contributed by atoms with Crippen LogP contribution >= 0.6 is 22.9 Å². The molecule has 0 bridgehead atoms. The van der Waals surface area contributed by atoms with Crippen molar-refractivity contribution in [1.82, 2.24) is 4.98 Å². The Kier molecular flexibility index (Phi) is 3.82. The van der Waals surface area contributed by atoms with Gasteiger partial charge in [-0.05, 0) is 36.8 Å². The Hall–Kier alpha value is -2.63. The first kappa shape index (κ1) is 15.9. The van der Waals surface area contributed by atoms with Gasteiger partial charge in [0.25, 0.3) is 0 Å². The summed E-state index contributed by atoms with van der Waals surface area (Å²) in [6.45, 7) is 1.65. The number of aromatic carboxylic acids is 1. The molecular weight excluding hydrogens is 358 g/mol. The Morgan fingerprint density at radius 2 is 2.00 bits per heavy atom. The number of halogens is 1. The highest BCUT2D eigenvalue weighted by Gasteiger charge is 2.22. The first-order valence-corrected chi connectivity index (χ1v) is 8.71. The molecule has 3 aromatic heterocycles. The maximum absolute atomic E-state index is 11.3. The predicted octanol–water partition coefficient (Wildman–Crippen LogP) is 5.88. The van der Waals surface area contributed by atoms with Gasteiger partial charge in [-0.1, -0.05) is 23.7 Å². The normalized spacial score (nSPS) is 11.1. The maximum atomic E-state index is 11.3. The van der Waals surface area contributed by atoms with Crippen LogP contribution in [-0.2, 0) is 0 Å². The fourth-order valence-corrected chi connectivity index (χ4v) is 4.06. The molecule has 25 heavy (non-hydrogen) atoms. The zero-order chi connectivity index (χ0) is 17.6. The summed E-state index contributed by atoms with van der Waals surface area (Å²) in [7, 11) is 0. The van der Waals surface area contributed by atoms with Crippen LogP contribution in [0.5, 0.6) is 0 Å². The second-order valence-corrected chi connectivity index (χ2v) is 6.99. The maximum Gasteiger partial charge on any atom is 0.339 e. The fourth-order valence-electron chi connectivity index (χ4n) is 2.82. The molecule has 4 aromatic rings. The molecule has 0 unspecified atom stereocenters. The van der Waals surface area contributed by atoms with Gasteiger partial charge in [-0.25, -0.2) is 9.78 Å². The minimum atomic E-state index is -1.00. The zero-order valence-corrected chi connectivity index (χ0v) is 14.7. The van der Waals surface area contributed by atoms with Crippen LogP contribution in [0.25, 0.3) is 32.0 Å². The van der Waals surface area contributed by atoms with Crippen molar-refractivity contribution >= 4 is 39.1 Å². The molecule has 3 heterocycles. The van der Waals surface area contributed by atoms with Crippen molar-refractivity contribution < 1.29 is 14.3 Å². The number of hydrogen-bond acceptors (Lipinski definition) is 4. The van der Waals surface area contributed by atoms with Crippen molar-refractivity contribution in [2.75, 3.05) is 0 Å². The molecule has 1 aromatic carbocycles. The lowest BCUT2D eigenvalue weighted by Crippen LogP contribution is -1.94. The lowest BCUT2D eigenvalue weighted by atomic mass is 10.0. The standard InChI is InChI=1S/C19H12ClNO3S/c1-10-14(19(22)23)9-15(24-10)17-16(11-4-6-12(20)7-5-11)13-3-2-8-21-18(13)25-17/h2-9H,1H3,(H,22,23). The van der Waals surface area contributed by atoms with Crippen LogP contribution in [0, 0.1) is 6.92 Å². The molecule has 0 aliphatic rings. The van der Waals surface area contributed by atoms with Gasteiger partial charge >= 0.3 is 5.97 Å². The molecule has 0 atom stereocenters. The number of carboxylic acid groups (broad SMARTS) is 1. The Bertz CT molecular complexity index is 1100. The number of hydrogen-bond donors (Lipinski definition) is 1. The monoisotopic (exact) mass is 369 g/mol. The summed E-state index contributed by atoms with van der Waals surface area (Å²) in [6.07, 6.45) is 1.74. The van der Waals surface area contributed by atoms with Crippen LogP contribution in [0.3, 0.4) is 0 Å². The predicted molar refractivity (Wildman–Crippen MR) is 99.5 cm³/mol. The summed E-state index contributed by atoms with van der Waals surface area (Å²) < 4.78 is 5.75. The summed E-state index contributed by atoms with van der Waals surface area (Å²) in [5, 5.41) is 11.0. The summed E-state index contributed by atoms with van der Waals surface area (Å²) in [5.41, 5.74) is 2.11. The molecule has 0 fully saturated rings. The van der Waals surface area contributed by atoms with Gasteiger partial charge in [-0.3, -0.25) is 0 Å². The van der Waals surface area contributed by atoms with E-state index in [-0.39, 0.29) is 5.56 Å². The Balaban J connectivity index is 2.01. The van der Waals surface area contributed by atoms with Gasteiger partial charge in [0.05, 0.1) is 4.88 Å². The Morgan fingerprint density at radius 1 is 1.24 bits per heavy atom. The van der Waals surface area contributed by atoms with E-state index in [9.17, 15) is 9.90 Å². The van der Waals surface area contributed by atoms with Gasteiger partial charge in [0.2, 0.25) is 0 Å². The highest BCUT2D eigenvalue weighted by Crippen LogP contribution is 2.45. The lowest BCUT2D eigenvalue weighted by Gasteiger charge is -2.03. The van der Waals surface area contributed by atoms with Crippen LogP contribution < -0.4 is 0 Å². The van der Waals surface area contributed by atoms with Crippen LogP contribution in [0.15, 0.2) is 53.1 Å². The molecule has 1 N–H and O–H groups in total. The van der Waals surface area contributed by atoms with E-state index in [2.05, 4.69) is 4.98 Å². The smallest absolute Gasteiger partial charge is 0.339 e. The summed E-state index contributed by atoms with van der Waals surface area (Å²) >= 11 is 7.49. The van der Waals surface area contributed by atoms with E-state index in [1.165, 1.54) is 11.3 Å². The average molecular weight is 370 g/mol. The van der Waals surface area contributed by atoms with Crippen molar-refractivity contribution in [1.29, 1.82) is 0 Å². The van der Waals surface area contributed by atoms with Gasteiger partial charge in [0.15, 0.2) is 0 Å². The number of fused-ring (bicyclic) bond motifs is 1. The highest BCUT2D eigenvalue weighted by molar-refractivity contribution is 7.22. The number of aryl methyl sites for hydroxylation is 1. The third-order valence-corrected chi connectivity index (χ3v) is 5.35. The fraction of sp³-hybridized carbons (Fsp3) is 0.0526. The first-order chi connectivity index (χ1) is 12.0. The van der Waals surface area contributed by atoms with Crippen molar-refractivity contribution in [3.05, 3.63) is 65.0 Å². The molecule has 0 spiro atoms. The van der Waals surface area contributed by atoms with Gasteiger partial charge in [0.1, 0.15) is 21.9 Å². The molecule has 0 aliphatic carbocycles. The van der Waals surface area contributed by atoms with E-state index in [0.29, 0.717) is 16.5 Å². The van der Waals surface area contributed by atoms with Crippen molar-refractivity contribution in [3.8, 4) is 21.8 Å². The van der Waals surface area contributed by atoms with E-state index in [1.807, 2.05) is 36.4 Å². The number of pyridine rings is 1. The minimum Gasteiger partial charge on any atom is -0.478 e. The molecule has 0 saturated carbocycles. The van der Waals surface area contributed by atoms with E-state index < -0.39 is 5.97 Å². The largest absolute Gasteiger partial charge is 0.478 e. The molecule has 0 radical (unpaired) electrons. The molecule has 0 aliphatic heterocycles. The number of carboxylic acids is 1. The van der Waals surface area contributed by atoms with Crippen LogP contribution in [0.4, 0.5) is 0 Å². The van der Waals surface area contributed by atoms with Gasteiger partial charge in [-0.15, -0.1) is 11.3 Å². The molecule has 0 amide bonds.